The zero-order chi connectivity index (χ0) is 13.4. The van der Waals surface area contributed by atoms with E-state index in [2.05, 4.69) is 33.0 Å². The van der Waals surface area contributed by atoms with Crippen molar-refractivity contribution in [1.29, 1.82) is 0 Å². The second-order valence-electron chi connectivity index (χ2n) is 7.03. The lowest BCUT2D eigenvalue weighted by atomic mass is 9.80. The van der Waals surface area contributed by atoms with E-state index in [1.54, 1.807) is 0 Å². The zero-order valence-electron chi connectivity index (χ0n) is 12.1. The minimum atomic E-state index is -0.126. The maximum atomic E-state index is 12.1. The molecule has 0 saturated carbocycles. The van der Waals surface area contributed by atoms with E-state index in [-0.39, 0.29) is 18.1 Å². The average molecular weight is 254 g/mol. The van der Waals surface area contributed by atoms with Crippen molar-refractivity contribution < 1.29 is 9.53 Å². The summed E-state index contributed by atoms with van der Waals surface area (Å²) in [5.74, 6) is 0.761. The molecule has 2 heterocycles. The fraction of sp³-hybridized carbons (Fsp3) is 0.929. The summed E-state index contributed by atoms with van der Waals surface area (Å²) in [7, 11) is 0. The highest BCUT2D eigenvalue weighted by atomic mass is 16.5. The second kappa shape index (κ2) is 4.82. The van der Waals surface area contributed by atoms with E-state index >= 15 is 0 Å². The first kappa shape index (κ1) is 13.8. The Morgan fingerprint density at radius 3 is 2.56 bits per heavy atom. The molecule has 2 aliphatic rings. The van der Waals surface area contributed by atoms with Gasteiger partial charge in [0.2, 0.25) is 5.91 Å². The van der Waals surface area contributed by atoms with E-state index in [1.807, 2.05) is 4.90 Å². The van der Waals surface area contributed by atoms with Crippen LogP contribution in [0, 0.1) is 11.3 Å². The molecule has 0 aromatic carbocycles. The first-order chi connectivity index (χ1) is 8.30. The van der Waals surface area contributed by atoms with E-state index in [4.69, 9.17) is 4.74 Å². The Balaban J connectivity index is 1.77. The Morgan fingerprint density at radius 2 is 2.11 bits per heavy atom. The molecule has 0 aromatic heterocycles. The fourth-order valence-electron chi connectivity index (χ4n) is 2.60. The molecule has 4 heteroatoms. The van der Waals surface area contributed by atoms with Gasteiger partial charge in [0.05, 0.1) is 5.60 Å². The van der Waals surface area contributed by atoms with Gasteiger partial charge in [-0.1, -0.05) is 20.8 Å². The lowest BCUT2D eigenvalue weighted by Crippen LogP contribution is -2.59. The van der Waals surface area contributed by atoms with Crippen LogP contribution >= 0.6 is 0 Å². The van der Waals surface area contributed by atoms with E-state index in [0.717, 1.165) is 32.6 Å². The number of hydrogen-bond acceptors (Lipinski definition) is 3. The van der Waals surface area contributed by atoms with Crippen molar-refractivity contribution in [3.05, 3.63) is 0 Å². The molecule has 0 aliphatic carbocycles. The van der Waals surface area contributed by atoms with Gasteiger partial charge in [-0.05, 0) is 24.7 Å². The van der Waals surface area contributed by atoms with E-state index in [1.165, 1.54) is 0 Å². The molecule has 2 rings (SSSR count). The predicted octanol–water partition coefficient (Wildman–Crippen LogP) is 1.26. The third-order valence-electron chi connectivity index (χ3n) is 4.31. The number of nitrogens with one attached hydrogen (secondary N) is 1. The summed E-state index contributed by atoms with van der Waals surface area (Å²) in [5.41, 5.74) is 0.165. The Morgan fingerprint density at radius 1 is 1.44 bits per heavy atom. The first-order valence-electron chi connectivity index (χ1n) is 6.93. The van der Waals surface area contributed by atoms with Gasteiger partial charge in [-0.15, -0.1) is 0 Å². The van der Waals surface area contributed by atoms with Crippen LogP contribution in [0.1, 0.15) is 34.1 Å². The van der Waals surface area contributed by atoms with Crippen molar-refractivity contribution in [1.82, 2.24) is 10.2 Å². The molecular formula is C14H26N2O2. The van der Waals surface area contributed by atoms with Crippen molar-refractivity contribution in [2.24, 2.45) is 11.3 Å². The van der Waals surface area contributed by atoms with Crippen molar-refractivity contribution >= 4 is 5.91 Å². The molecule has 0 aromatic rings. The number of amides is 1. The van der Waals surface area contributed by atoms with Crippen LogP contribution in [0.3, 0.4) is 0 Å². The van der Waals surface area contributed by atoms with Gasteiger partial charge in [-0.2, -0.15) is 0 Å². The van der Waals surface area contributed by atoms with Crippen LogP contribution in [0.4, 0.5) is 0 Å². The van der Waals surface area contributed by atoms with Crippen LogP contribution in [-0.2, 0) is 9.53 Å². The summed E-state index contributed by atoms with van der Waals surface area (Å²) >= 11 is 0. The highest BCUT2D eigenvalue weighted by Crippen LogP contribution is 2.33. The standard InChI is InChI=1S/C14H26N2O2/c1-13(2,3)11-5-6-16(7-11)12(17)8-18-14(4)9-15-10-14/h11,15H,5-10H2,1-4H3. The molecule has 1 unspecified atom stereocenters. The van der Waals surface area contributed by atoms with Crippen LogP contribution in [0.15, 0.2) is 0 Å². The first-order valence-corrected chi connectivity index (χ1v) is 6.93. The smallest absolute Gasteiger partial charge is 0.248 e. The van der Waals surface area contributed by atoms with E-state index in [0.29, 0.717) is 11.3 Å². The number of rotatable bonds is 3. The SMILES string of the molecule is CC1(OCC(=O)N2CCC(C(C)(C)C)C2)CNC1. The van der Waals surface area contributed by atoms with Crippen molar-refractivity contribution in [3.63, 3.8) is 0 Å². The third-order valence-corrected chi connectivity index (χ3v) is 4.31. The Kier molecular flexibility index (Phi) is 3.70. The highest BCUT2D eigenvalue weighted by Gasteiger charge is 2.36. The maximum absolute atomic E-state index is 12.1. The fourth-order valence-corrected chi connectivity index (χ4v) is 2.60. The van der Waals surface area contributed by atoms with Gasteiger partial charge < -0.3 is 15.0 Å². The van der Waals surface area contributed by atoms with Crippen LogP contribution in [0.25, 0.3) is 0 Å². The van der Waals surface area contributed by atoms with Crippen LogP contribution < -0.4 is 5.32 Å². The van der Waals surface area contributed by atoms with Gasteiger partial charge >= 0.3 is 0 Å². The molecule has 2 saturated heterocycles. The third kappa shape index (κ3) is 3.04. The molecule has 4 nitrogen and oxygen atoms in total. The summed E-state index contributed by atoms with van der Waals surface area (Å²) in [4.78, 5) is 14.0. The summed E-state index contributed by atoms with van der Waals surface area (Å²) in [5, 5.41) is 3.17. The monoisotopic (exact) mass is 254 g/mol. The zero-order valence-corrected chi connectivity index (χ0v) is 12.1. The summed E-state index contributed by atoms with van der Waals surface area (Å²) in [6.45, 7) is 12.5. The van der Waals surface area contributed by atoms with Gasteiger partial charge in [0.15, 0.2) is 0 Å². The van der Waals surface area contributed by atoms with Crippen LogP contribution in [0.2, 0.25) is 0 Å². The molecule has 2 fully saturated rings. The lowest BCUT2D eigenvalue weighted by molar-refractivity contribution is -0.145. The molecule has 104 valence electrons. The molecule has 0 bridgehead atoms. The van der Waals surface area contributed by atoms with Gasteiger partial charge in [0.1, 0.15) is 6.61 Å². The summed E-state index contributed by atoms with van der Waals surface area (Å²) in [6.07, 6.45) is 1.12. The van der Waals surface area contributed by atoms with E-state index in [9.17, 15) is 4.79 Å². The molecule has 2 aliphatic heterocycles. The number of carbonyl (C=O) groups excluding carboxylic acids is 1. The lowest BCUT2D eigenvalue weighted by Gasteiger charge is -2.39. The van der Waals surface area contributed by atoms with Gasteiger partial charge in [-0.25, -0.2) is 0 Å². The van der Waals surface area contributed by atoms with Crippen molar-refractivity contribution in [3.8, 4) is 0 Å². The Bertz CT molecular complexity index is 318. The number of likely N-dealkylation sites (tertiary alicyclic amines) is 1. The van der Waals surface area contributed by atoms with Crippen molar-refractivity contribution in [2.75, 3.05) is 32.8 Å². The largest absolute Gasteiger partial charge is 0.363 e. The quantitative estimate of drug-likeness (QED) is 0.824. The number of ether oxygens (including phenoxy) is 1. The molecule has 18 heavy (non-hydrogen) atoms. The topological polar surface area (TPSA) is 41.6 Å². The van der Waals surface area contributed by atoms with Crippen molar-refractivity contribution in [2.45, 2.75) is 39.7 Å². The maximum Gasteiger partial charge on any atom is 0.248 e. The number of nitrogens with zero attached hydrogens (tertiary/aromatic N) is 1. The second-order valence-corrected chi connectivity index (χ2v) is 7.03. The minimum absolute atomic E-state index is 0.126. The number of hydrogen-bond donors (Lipinski definition) is 1. The highest BCUT2D eigenvalue weighted by molar-refractivity contribution is 5.77. The predicted molar refractivity (Wildman–Crippen MR) is 71.4 cm³/mol. The van der Waals surface area contributed by atoms with Crippen LogP contribution in [-0.4, -0.2) is 49.2 Å². The normalized spacial score (nSPS) is 27.1. The van der Waals surface area contributed by atoms with Gasteiger partial charge in [0, 0.05) is 26.2 Å². The average Bonchev–Trinajstić information content (AvgIpc) is 2.72. The van der Waals surface area contributed by atoms with Gasteiger partial charge in [0.25, 0.3) is 0 Å². The van der Waals surface area contributed by atoms with Crippen LogP contribution in [0.5, 0.6) is 0 Å². The Hall–Kier alpha value is -0.610. The minimum Gasteiger partial charge on any atom is -0.363 e. The molecule has 0 radical (unpaired) electrons. The van der Waals surface area contributed by atoms with Gasteiger partial charge in [-0.3, -0.25) is 4.79 Å². The Labute approximate surface area is 110 Å². The molecular weight excluding hydrogens is 228 g/mol. The molecule has 1 N–H and O–H groups in total. The summed E-state index contributed by atoms with van der Waals surface area (Å²) in [6, 6.07) is 0. The van der Waals surface area contributed by atoms with E-state index < -0.39 is 0 Å². The molecule has 1 amide bonds. The molecule has 0 spiro atoms. The number of carbonyl (C=O) groups is 1. The molecule has 1 atom stereocenters. The summed E-state index contributed by atoms with van der Waals surface area (Å²) < 4.78 is 5.71.